The molecule has 0 saturated heterocycles. The predicted molar refractivity (Wildman–Crippen MR) is 101 cm³/mol. The summed E-state index contributed by atoms with van der Waals surface area (Å²) in [5, 5.41) is 15.7. The van der Waals surface area contributed by atoms with Gasteiger partial charge in [-0.1, -0.05) is 43.7 Å². The summed E-state index contributed by atoms with van der Waals surface area (Å²) in [7, 11) is 0. The Balaban J connectivity index is 1.58. The van der Waals surface area contributed by atoms with Crippen LogP contribution in [0.25, 0.3) is 0 Å². The van der Waals surface area contributed by atoms with Gasteiger partial charge in [0.2, 0.25) is 0 Å². The van der Waals surface area contributed by atoms with Crippen LogP contribution in [0, 0.1) is 6.92 Å². The van der Waals surface area contributed by atoms with Crippen LogP contribution in [0.1, 0.15) is 37.2 Å². The highest BCUT2D eigenvalue weighted by Crippen LogP contribution is 2.25. The number of aryl methyl sites for hydroxylation is 1. The number of tetrazole rings is 1. The van der Waals surface area contributed by atoms with Gasteiger partial charge in [0.1, 0.15) is 11.5 Å². The van der Waals surface area contributed by atoms with Crippen molar-refractivity contribution in [1.29, 1.82) is 0 Å². The zero-order valence-electron chi connectivity index (χ0n) is 15.3. The van der Waals surface area contributed by atoms with Crippen molar-refractivity contribution in [1.82, 2.24) is 25.5 Å². The summed E-state index contributed by atoms with van der Waals surface area (Å²) in [6.07, 6.45) is 2.18. The van der Waals surface area contributed by atoms with Gasteiger partial charge in [0, 0.05) is 12.6 Å². The van der Waals surface area contributed by atoms with E-state index in [4.69, 9.17) is 4.74 Å². The Labute approximate surface area is 154 Å². The van der Waals surface area contributed by atoms with Gasteiger partial charge in [-0.2, -0.15) is 4.80 Å². The van der Waals surface area contributed by atoms with Gasteiger partial charge in [-0.3, -0.25) is 0 Å². The van der Waals surface area contributed by atoms with Crippen molar-refractivity contribution in [3.63, 3.8) is 0 Å². The van der Waals surface area contributed by atoms with E-state index in [0.29, 0.717) is 18.4 Å². The fourth-order valence-electron chi connectivity index (χ4n) is 2.82. The van der Waals surface area contributed by atoms with Crippen molar-refractivity contribution in [2.24, 2.45) is 0 Å². The summed E-state index contributed by atoms with van der Waals surface area (Å²) in [5.41, 5.74) is 1.26. The normalized spacial score (nSPS) is 12.1. The first kappa shape index (κ1) is 18.1. The number of rotatable bonds is 9. The summed E-state index contributed by atoms with van der Waals surface area (Å²) in [4.78, 5) is 1.63. The Bertz CT molecular complexity index is 785. The molecule has 0 aliphatic rings. The minimum Gasteiger partial charge on any atom is -0.457 e. The minimum absolute atomic E-state index is 0.301. The first-order valence-electron chi connectivity index (χ1n) is 9.05. The Kier molecular flexibility index (Phi) is 6.33. The highest BCUT2D eigenvalue weighted by molar-refractivity contribution is 5.33. The maximum atomic E-state index is 5.87. The maximum absolute atomic E-state index is 5.87. The van der Waals surface area contributed by atoms with Crippen molar-refractivity contribution < 1.29 is 4.74 Å². The fraction of sp³-hybridized carbons (Fsp3) is 0.350. The van der Waals surface area contributed by atoms with E-state index in [2.05, 4.69) is 39.8 Å². The lowest BCUT2D eigenvalue weighted by molar-refractivity contribution is 0.435. The Morgan fingerprint density at radius 2 is 1.77 bits per heavy atom. The second-order valence-electron chi connectivity index (χ2n) is 6.21. The third-order valence-electron chi connectivity index (χ3n) is 4.09. The Morgan fingerprint density at radius 3 is 2.42 bits per heavy atom. The zero-order chi connectivity index (χ0) is 18.2. The summed E-state index contributed by atoms with van der Waals surface area (Å²) in [6, 6.07) is 18.4. The second kappa shape index (κ2) is 9.10. The molecule has 0 fully saturated rings. The van der Waals surface area contributed by atoms with E-state index in [1.165, 1.54) is 5.56 Å². The number of nitrogens with zero attached hydrogens (tertiary/aromatic N) is 4. The van der Waals surface area contributed by atoms with Crippen molar-refractivity contribution in [2.75, 3.05) is 6.54 Å². The van der Waals surface area contributed by atoms with E-state index >= 15 is 0 Å². The number of ether oxygens (including phenoxy) is 1. The molecular weight excluding hydrogens is 326 g/mol. The fourth-order valence-corrected chi connectivity index (χ4v) is 2.82. The minimum atomic E-state index is 0.301. The molecule has 0 aliphatic carbocycles. The highest BCUT2D eigenvalue weighted by Gasteiger charge is 2.10. The lowest BCUT2D eigenvalue weighted by Gasteiger charge is -2.19. The molecule has 0 spiro atoms. The average Bonchev–Trinajstić information content (AvgIpc) is 3.08. The van der Waals surface area contributed by atoms with Gasteiger partial charge in [0.15, 0.2) is 5.82 Å². The molecule has 0 bridgehead atoms. The molecule has 136 valence electrons. The van der Waals surface area contributed by atoms with Gasteiger partial charge in [0.05, 0.1) is 6.54 Å². The predicted octanol–water partition coefficient (Wildman–Crippen LogP) is 3.90. The van der Waals surface area contributed by atoms with E-state index in [1.807, 2.05) is 49.4 Å². The number of para-hydroxylation sites is 1. The summed E-state index contributed by atoms with van der Waals surface area (Å²) < 4.78 is 5.87. The molecule has 0 radical (unpaired) electrons. The standard InChI is InChI=1S/C20H25N5O/c1-3-7-20(21-14-15-25-23-16(2)22-24-25)17-10-12-19(13-11-17)26-18-8-5-4-6-9-18/h4-6,8-13,20-21H,3,7,14-15H2,1-2H3. The van der Waals surface area contributed by atoms with Crippen LogP contribution in [0.15, 0.2) is 54.6 Å². The number of aromatic nitrogens is 4. The molecule has 0 amide bonds. The molecule has 1 N–H and O–H groups in total. The number of hydrogen-bond acceptors (Lipinski definition) is 5. The van der Waals surface area contributed by atoms with E-state index in [-0.39, 0.29) is 0 Å². The molecular formula is C20H25N5O. The summed E-state index contributed by atoms with van der Waals surface area (Å²) in [5.74, 6) is 2.39. The summed E-state index contributed by atoms with van der Waals surface area (Å²) in [6.45, 7) is 5.54. The van der Waals surface area contributed by atoms with Crippen LogP contribution in [-0.4, -0.2) is 26.8 Å². The molecule has 2 aromatic carbocycles. The van der Waals surface area contributed by atoms with Gasteiger partial charge in [-0.25, -0.2) is 0 Å². The molecule has 1 heterocycles. The summed E-state index contributed by atoms with van der Waals surface area (Å²) >= 11 is 0. The average molecular weight is 351 g/mol. The van der Waals surface area contributed by atoms with Crippen LogP contribution < -0.4 is 10.1 Å². The Morgan fingerprint density at radius 1 is 1.04 bits per heavy atom. The topological polar surface area (TPSA) is 64.9 Å². The lowest BCUT2D eigenvalue weighted by Crippen LogP contribution is -2.26. The van der Waals surface area contributed by atoms with Crippen molar-refractivity contribution in [2.45, 2.75) is 39.3 Å². The SMILES string of the molecule is CCCC(NCCn1nnc(C)n1)c1ccc(Oc2ccccc2)cc1. The van der Waals surface area contributed by atoms with Crippen LogP contribution >= 0.6 is 0 Å². The van der Waals surface area contributed by atoms with Gasteiger partial charge in [0.25, 0.3) is 0 Å². The molecule has 1 aromatic heterocycles. The molecule has 0 aliphatic heterocycles. The van der Waals surface area contributed by atoms with Gasteiger partial charge in [-0.15, -0.1) is 10.2 Å². The molecule has 6 nitrogen and oxygen atoms in total. The second-order valence-corrected chi connectivity index (χ2v) is 6.21. The third-order valence-corrected chi connectivity index (χ3v) is 4.09. The Hall–Kier alpha value is -2.73. The van der Waals surface area contributed by atoms with Crippen molar-refractivity contribution in [3.8, 4) is 11.5 Å². The van der Waals surface area contributed by atoms with E-state index < -0.39 is 0 Å². The zero-order valence-corrected chi connectivity index (χ0v) is 15.3. The lowest BCUT2D eigenvalue weighted by atomic mass is 10.0. The molecule has 3 rings (SSSR count). The van der Waals surface area contributed by atoms with Crippen LogP contribution in [0.2, 0.25) is 0 Å². The molecule has 26 heavy (non-hydrogen) atoms. The number of nitrogens with one attached hydrogen (secondary N) is 1. The van der Waals surface area contributed by atoms with Crippen molar-refractivity contribution in [3.05, 3.63) is 66.0 Å². The van der Waals surface area contributed by atoms with Crippen LogP contribution in [0.5, 0.6) is 11.5 Å². The largest absolute Gasteiger partial charge is 0.457 e. The molecule has 3 aromatic rings. The monoisotopic (exact) mass is 351 g/mol. The quantitative estimate of drug-likeness (QED) is 0.633. The third kappa shape index (κ3) is 5.13. The number of benzene rings is 2. The first-order chi connectivity index (χ1) is 12.7. The molecule has 1 atom stereocenters. The van der Waals surface area contributed by atoms with Gasteiger partial charge < -0.3 is 10.1 Å². The van der Waals surface area contributed by atoms with Gasteiger partial charge >= 0.3 is 0 Å². The first-order valence-corrected chi connectivity index (χ1v) is 9.05. The van der Waals surface area contributed by atoms with Gasteiger partial charge in [-0.05, 0) is 48.4 Å². The smallest absolute Gasteiger partial charge is 0.171 e. The molecule has 6 heteroatoms. The molecule has 0 saturated carbocycles. The maximum Gasteiger partial charge on any atom is 0.171 e. The molecule has 1 unspecified atom stereocenters. The van der Waals surface area contributed by atoms with Crippen molar-refractivity contribution >= 4 is 0 Å². The highest BCUT2D eigenvalue weighted by atomic mass is 16.5. The van der Waals surface area contributed by atoms with E-state index in [9.17, 15) is 0 Å². The van der Waals surface area contributed by atoms with Crippen LogP contribution in [0.4, 0.5) is 0 Å². The number of hydrogen-bond donors (Lipinski definition) is 1. The van der Waals surface area contributed by atoms with Crippen LogP contribution in [0.3, 0.4) is 0 Å². The van der Waals surface area contributed by atoms with E-state index in [1.54, 1.807) is 4.80 Å². The van der Waals surface area contributed by atoms with Crippen LogP contribution in [-0.2, 0) is 6.54 Å². The van der Waals surface area contributed by atoms with E-state index in [0.717, 1.165) is 30.9 Å².